The molecule has 0 radical (unpaired) electrons. The van der Waals surface area contributed by atoms with Crippen LogP contribution in [0.5, 0.6) is 0 Å². The van der Waals surface area contributed by atoms with Gasteiger partial charge >= 0.3 is 5.97 Å². The Kier molecular flexibility index (Phi) is 5.13. The second kappa shape index (κ2) is 6.62. The van der Waals surface area contributed by atoms with Crippen molar-refractivity contribution in [1.29, 1.82) is 0 Å². The Labute approximate surface area is 99.9 Å². The predicted octanol–water partition coefficient (Wildman–Crippen LogP) is 0.994. The molecular formula is C12H16N2O3. The third kappa shape index (κ3) is 4.63. The van der Waals surface area contributed by atoms with Crippen molar-refractivity contribution in [2.45, 2.75) is 32.2 Å². The van der Waals surface area contributed by atoms with Gasteiger partial charge in [-0.15, -0.1) is 0 Å². The van der Waals surface area contributed by atoms with E-state index in [-0.39, 0.29) is 12.3 Å². The highest BCUT2D eigenvalue weighted by Crippen LogP contribution is 1.99. The summed E-state index contributed by atoms with van der Waals surface area (Å²) in [6, 6.07) is 4.47. The van der Waals surface area contributed by atoms with Crippen LogP contribution in [0.15, 0.2) is 24.4 Å². The normalized spacial score (nSPS) is 11.8. The molecule has 0 aliphatic heterocycles. The van der Waals surface area contributed by atoms with Gasteiger partial charge in [0.1, 0.15) is 6.04 Å². The van der Waals surface area contributed by atoms with E-state index in [1.165, 1.54) is 0 Å². The Morgan fingerprint density at radius 1 is 1.47 bits per heavy atom. The van der Waals surface area contributed by atoms with Gasteiger partial charge in [-0.25, -0.2) is 4.79 Å². The lowest BCUT2D eigenvalue weighted by Crippen LogP contribution is -2.41. The molecule has 0 fully saturated rings. The van der Waals surface area contributed by atoms with Crippen LogP contribution in [-0.4, -0.2) is 28.0 Å². The minimum absolute atomic E-state index is 0.105. The summed E-state index contributed by atoms with van der Waals surface area (Å²) in [4.78, 5) is 26.4. The zero-order chi connectivity index (χ0) is 12.7. The fourth-order valence-electron chi connectivity index (χ4n) is 1.46. The summed E-state index contributed by atoms with van der Waals surface area (Å²) in [6.45, 7) is 1.88. The van der Waals surface area contributed by atoms with Gasteiger partial charge in [0.05, 0.1) is 6.42 Å². The summed E-state index contributed by atoms with van der Waals surface area (Å²) in [5.74, 6) is -1.31. The molecule has 1 rings (SSSR count). The largest absolute Gasteiger partial charge is 0.480 e. The highest BCUT2D eigenvalue weighted by atomic mass is 16.4. The molecule has 0 aliphatic carbocycles. The Balaban J connectivity index is 2.51. The maximum absolute atomic E-state index is 11.6. The Hall–Kier alpha value is -1.91. The molecule has 0 unspecified atom stereocenters. The molecule has 0 spiro atoms. The van der Waals surface area contributed by atoms with Gasteiger partial charge in [0, 0.05) is 11.9 Å². The minimum atomic E-state index is -0.999. The number of pyridine rings is 1. The molecule has 5 nitrogen and oxygen atoms in total. The fraction of sp³-hybridized carbons (Fsp3) is 0.417. The second-order valence-corrected chi connectivity index (χ2v) is 3.74. The molecular weight excluding hydrogens is 220 g/mol. The molecule has 1 aromatic heterocycles. The number of aliphatic carboxylic acids is 1. The summed E-state index contributed by atoms with van der Waals surface area (Å²) in [6.07, 6.45) is 2.85. The van der Waals surface area contributed by atoms with Crippen molar-refractivity contribution in [2.75, 3.05) is 0 Å². The molecule has 1 amide bonds. The number of carboxylic acids is 1. The first kappa shape index (κ1) is 13.2. The molecule has 0 aromatic carbocycles. The van der Waals surface area contributed by atoms with Crippen molar-refractivity contribution >= 4 is 11.9 Å². The van der Waals surface area contributed by atoms with Gasteiger partial charge in [-0.05, 0) is 18.6 Å². The lowest BCUT2D eigenvalue weighted by Gasteiger charge is -2.13. The van der Waals surface area contributed by atoms with E-state index in [9.17, 15) is 9.59 Å². The average molecular weight is 236 g/mol. The van der Waals surface area contributed by atoms with Crippen LogP contribution in [0.1, 0.15) is 25.5 Å². The number of aromatic nitrogens is 1. The number of nitrogens with one attached hydrogen (secondary N) is 1. The fourth-order valence-corrected chi connectivity index (χ4v) is 1.46. The van der Waals surface area contributed by atoms with Crippen molar-refractivity contribution in [2.24, 2.45) is 0 Å². The number of carbonyl (C=O) groups excluding carboxylic acids is 1. The number of hydrogen-bond donors (Lipinski definition) is 2. The summed E-state index contributed by atoms with van der Waals surface area (Å²) in [7, 11) is 0. The Bertz CT molecular complexity index is 379. The quantitative estimate of drug-likeness (QED) is 0.772. The van der Waals surface area contributed by atoms with Crippen molar-refractivity contribution in [3.05, 3.63) is 30.1 Å². The van der Waals surface area contributed by atoms with E-state index in [4.69, 9.17) is 5.11 Å². The number of rotatable bonds is 6. The number of hydrogen-bond acceptors (Lipinski definition) is 3. The van der Waals surface area contributed by atoms with Crippen LogP contribution in [0.3, 0.4) is 0 Å². The van der Waals surface area contributed by atoms with Crippen LogP contribution in [0, 0.1) is 0 Å². The second-order valence-electron chi connectivity index (χ2n) is 3.74. The van der Waals surface area contributed by atoms with E-state index in [0.29, 0.717) is 18.5 Å². The molecule has 17 heavy (non-hydrogen) atoms. The van der Waals surface area contributed by atoms with Gasteiger partial charge in [0.2, 0.25) is 5.91 Å². The van der Waals surface area contributed by atoms with Gasteiger partial charge in [-0.1, -0.05) is 19.4 Å². The molecule has 1 atom stereocenters. The van der Waals surface area contributed by atoms with Gasteiger partial charge in [-0.3, -0.25) is 9.78 Å². The zero-order valence-electron chi connectivity index (χ0n) is 9.72. The van der Waals surface area contributed by atoms with Gasteiger partial charge in [-0.2, -0.15) is 0 Å². The average Bonchev–Trinajstić information content (AvgIpc) is 2.29. The monoisotopic (exact) mass is 236 g/mol. The molecule has 0 bridgehead atoms. The van der Waals surface area contributed by atoms with E-state index in [2.05, 4.69) is 10.3 Å². The summed E-state index contributed by atoms with van der Waals surface area (Å²) in [5, 5.41) is 11.4. The SMILES string of the molecule is CCC[C@H](NC(=O)Cc1ccccn1)C(=O)O. The van der Waals surface area contributed by atoms with Gasteiger partial charge in [0.25, 0.3) is 0 Å². The molecule has 0 aliphatic rings. The van der Waals surface area contributed by atoms with Crippen LogP contribution in [-0.2, 0) is 16.0 Å². The maximum Gasteiger partial charge on any atom is 0.326 e. The van der Waals surface area contributed by atoms with Crippen molar-refractivity contribution in [3.8, 4) is 0 Å². The predicted molar refractivity (Wildman–Crippen MR) is 62.4 cm³/mol. The van der Waals surface area contributed by atoms with Crippen LogP contribution in [0.25, 0.3) is 0 Å². The van der Waals surface area contributed by atoms with E-state index >= 15 is 0 Å². The molecule has 1 heterocycles. The van der Waals surface area contributed by atoms with Crippen LogP contribution < -0.4 is 5.32 Å². The highest BCUT2D eigenvalue weighted by molar-refractivity contribution is 5.84. The maximum atomic E-state index is 11.6. The smallest absolute Gasteiger partial charge is 0.326 e. The first-order valence-electron chi connectivity index (χ1n) is 5.55. The number of nitrogens with zero attached hydrogens (tertiary/aromatic N) is 1. The van der Waals surface area contributed by atoms with Crippen molar-refractivity contribution in [1.82, 2.24) is 10.3 Å². The summed E-state index contributed by atoms with van der Waals surface area (Å²) < 4.78 is 0. The molecule has 0 saturated heterocycles. The zero-order valence-corrected chi connectivity index (χ0v) is 9.72. The minimum Gasteiger partial charge on any atom is -0.480 e. The van der Waals surface area contributed by atoms with Crippen LogP contribution in [0.4, 0.5) is 0 Å². The number of carbonyl (C=O) groups is 2. The molecule has 0 saturated carbocycles. The molecule has 92 valence electrons. The van der Waals surface area contributed by atoms with E-state index in [0.717, 1.165) is 0 Å². The molecule has 1 aromatic rings. The third-order valence-corrected chi connectivity index (χ3v) is 2.28. The number of carboxylic acid groups (broad SMARTS) is 1. The Morgan fingerprint density at radius 2 is 2.24 bits per heavy atom. The summed E-state index contributed by atoms with van der Waals surface area (Å²) in [5.41, 5.74) is 0.630. The van der Waals surface area contributed by atoms with Crippen molar-refractivity contribution < 1.29 is 14.7 Å². The van der Waals surface area contributed by atoms with E-state index < -0.39 is 12.0 Å². The van der Waals surface area contributed by atoms with Gasteiger partial charge in [0.15, 0.2) is 0 Å². The molecule has 2 N–H and O–H groups in total. The van der Waals surface area contributed by atoms with Crippen LogP contribution >= 0.6 is 0 Å². The summed E-state index contributed by atoms with van der Waals surface area (Å²) >= 11 is 0. The lowest BCUT2D eigenvalue weighted by molar-refractivity contribution is -0.141. The third-order valence-electron chi connectivity index (χ3n) is 2.28. The van der Waals surface area contributed by atoms with E-state index in [1.54, 1.807) is 24.4 Å². The highest BCUT2D eigenvalue weighted by Gasteiger charge is 2.18. The van der Waals surface area contributed by atoms with Crippen LogP contribution in [0.2, 0.25) is 0 Å². The Morgan fingerprint density at radius 3 is 2.76 bits per heavy atom. The number of amides is 1. The molecule has 5 heteroatoms. The van der Waals surface area contributed by atoms with Crippen molar-refractivity contribution in [3.63, 3.8) is 0 Å². The van der Waals surface area contributed by atoms with Gasteiger partial charge < -0.3 is 10.4 Å². The lowest BCUT2D eigenvalue weighted by atomic mass is 10.1. The standard InChI is InChI=1S/C12H16N2O3/c1-2-5-10(12(16)17)14-11(15)8-9-6-3-4-7-13-9/h3-4,6-7,10H,2,5,8H2,1H3,(H,14,15)(H,16,17)/t10-/m0/s1. The van der Waals surface area contributed by atoms with E-state index in [1.807, 2.05) is 6.92 Å². The first-order valence-corrected chi connectivity index (χ1v) is 5.55. The first-order chi connectivity index (χ1) is 8.13. The topological polar surface area (TPSA) is 79.3 Å².